The minimum atomic E-state index is -0.953. The number of hydrogen-bond donors (Lipinski definition) is 1. The van der Waals surface area contributed by atoms with E-state index >= 15 is 0 Å². The zero-order valence-corrected chi connectivity index (χ0v) is 17.7. The molecule has 0 unspecified atom stereocenters. The number of fused-ring (bicyclic) bond motifs is 1. The molecule has 0 fully saturated rings. The number of ether oxygens (including phenoxy) is 4. The molecule has 7 heteroatoms. The van der Waals surface area contributed by atoms with Crippen LogP contribution in [-0.4, -0.2) is 39.3 Å². The van der Waals surface area contributed by atoms with Crippen LogP contribution in [0.3, 0.4) is 0 Å². The molecule has 0 aliphatic heterocycles. The van der Waals surface area contributed by atoms with Crippen LogP contribution in [0.15, 0.2) is 36.4 Å². The van der Waals surface area contributed by atoms with Crippen LogP contribution in [0.1, 0.15) is 47.3 Å². The molecule has 0 spiro atoms. The van der Waals surface area contributed by atoms with Crippen LogP contribution in [0.5, 0.6) is 17.2 Å². The lowest BCUT2D eigenvalue weighted by Gasteiger charge is -2.27. The Morgan fingerprint density at radius 3 is 2.33 bits per heavy atom. The van der Waals surface area contributed by atoms with Crippen LogP contribution in [-0.2, 0) is 16.0 Å². The van der Waals surface area contributed by atoms with E-state index in [4.69, 9.17) is 18.9 Å². The highest BCUT2D eigenvalue weighted by Crippen LogP contribution is 2.38. The number of nitrogens with one attached hydrogen (secondary N) is 1. The third-order valence-corrected chi connectivity index (χ3v) is 5.24. The molecular formula is C23H27NO6. The maximum absolute atomic E-state index is 12.7. The molecule has 1 N–H and O–H groups in total. The molecule has 0 aromatic heterocycles. The molecule has 160 valence electrons. The average Bonchev–Trinajstić information content (AvgIpc) is 2.78. The molecule has 1 aliphatic rings. The number of amides is 1. The fourth-order valence-electron chi connectivity index (χ4n) is 3.67. The highest BCUT2D eigenvalue weighted by Gasteiger charge is 2.26. The highest BCUT2D eigenvalue weighted by atomic mass is 16.5. The summed E-state index contributed by atoms with van der Waals surface area (Å²) in [5.74, 6) is 0.0520. The SMILES string of the molecule is COc1cc(C(=O)O[C@@H](C)C(=O)N[C@H]2CCCc3ccccc32)cc(OC)c1OC. The van der Waals surface area contributed by atoms with Crippen LogP contribution >= 0.6 is 0 Å². The van der Waals surface area contributed by atoms with Gasteiger partial charge in [-0.1, -0.05) is 24.3 Å². The first kappa shape index (κ1) is 21.5. The van der Waals surface area contributed by atoms with E-state index < -0.39 is 12.1 Å². The Morgan fingerprint density at radius 2 is 1.70 bits per heavy atom. The number of aryl methyl sites for hydroxylation is 1. The van der Waals surface area contributed by atoms with Crippen molar-refractivity contribution in [2.24, 2.45) is 0 Å². The van der Waals surface area contributed by atoms with E-state index in [1.165, 1.54) is 39.0 Å². The largest absolute Gasteiger partial charge is 0.493 e. The predicted molar refractivity (Wildman–Crippen MR) is 111 cm³/mol. The van der Waals surface area contributed by atoms with Crippen LogP contribution in [0.2, 0.25) is 0 Å². The molecule has 2 aromatic rings. The summed E-state index contributed by atoms with van der Waals surface area (Å²) in [6.45, 7) is 1.56. The molecule has 0 bridgehead atoms. The highest BCUT2D eigenvalue weighted by molar-refractivity contribution is 5.93. The summed E-state index contributed by atoms with van der Waals surface area (Å²) in [7, 11) is 4.41. The van der Waals surface area contributed by atoms with E-state index in [1.54, 1.807) is 6.92 Å². The zero-order chi connectivity index (χ0) is 21.7. The quantitative estimate of drug-likeness (QED) is 0.700. The van der Waals surface area contributed by atoms with Gasteiger partial charge < -0.3 is 24.3 Å². The second-order valence-electron chi connectivity index (χ2n) is 7.11. The topological polar surface area (TPSA) is 83.1 Å². The molecule has 0 heterocycles. The van der Waals surface area contributed by atoms with Crippen molar-refractivity contribution in [2.75, 3.05) is 21.3 Å². The van der Waals surface area contributed by atoms with E-state index in [0.717, 1.165) is 24.8 Å². The molecule has 2 atom stereocenters. The number of carbonyl (C=O) groups excluding carboxylic acids is 2. The number of rotatable bonds is 7. The van der Waals surface area contributed by atoms with Gasteiger partial charge in [-0.3, -0.25) is 4.79 Å². The van der Waals surface area contributed by atoms with Crippen LogP contribution < -0.4 is 19.5 Å². The van der Waals surface area contributed by atoms with Gasteiger partial charge in [0.2, 0.25) is 5.75 Å². The Labute approximate surface area is 176 Å². The molecule has 1 aliphatic carbocycles. The average molecular weight is 413 g/mol. The normalized spacial score (nSPS) is 16.1. The van der Waals surface area contributed by atoms with E-state index in [1.807, 2.05) is 18.2 Å². The molecule has 2 aromatic carbocycles. The predicted octanol–water partition coefficient (Wildman–Crippen LogP) is 3.45. The number of methoxy groups -OCH3 is 3. The number of carbonyl (C=O) groups is 2. The van der Waals surface area contributed by atoms with Crippen molar-refractivity contribution in [2.45, 2.75) is 38.3 Å². The Kier molecular flexibility index (Phi) is 6.82. The van der Waals surface area contributed by atoms with Gasteiger partial charge in [-0.15, -0.1) is 0 Å². The lowest BCUT2D eigenvalue weighted by molar-refractivity contribution is -0.130. The summed E-state index contributed by atoms with van der Waals surface area (Å²) >= 11 is 0. The lowest BCUT2D eigenvalue weighted by Crippen LogP contribution is -2.39. The first-order chi connectivity index (χ1) is 14.5. The van der Waals surface area contributed by atoms with Gasteiger partial charge in [-0.05, 0) is 49.4 Å². The van der Waals surface area contributed by atoms with Crippen LogP contribution in [0, 0.1) is 0 Å². The monoisotopic (exact) mass is 413 g/mol. The van der Waals surface area contributed by atoms with Crippen molar-refractivity contribution in [3.05, 3.63) is 53.1 Å². The Bertz CT molecular complexity index is 901. The molecule has 0 saturated carbocycles. The van der Waals surface area contributed by atoms with E-state index in [0.29, 0.717) is 17.2 Å². The number of hydrogen-bond acceptors (Lipinski definition) is 6. The van der Waals surface area contributed by atoms with E-state index in [2.05, 4.69) is 11.4 Å². The van der Waals surface area contributed by atoms with Crippen molar-refractivity contribution in [3.63, 3.8) is 0 Å². The fraction of sp³-hybridized carbons (Fsp3) is 0.391. The van der Waals surface area contributed by atoms with Gasteiger partial charge in [0.05, 0.1) is 32.9 Å². The Hall–Kier alpha value is -3.22. The number of benzene rings is 2. The number of esters is 1. The van der Waals surface area contributed by atoms with E-state index in [9.17, 15) is 9.59 Å². The van der Waals surface area contributed by atoms with Crippen molar-refractivity contribution in [3.8, 4) is 17.2 Å². The Balaban J connectivity index is 1.69. The fourth-order valence-corrected chi connectivity index (χ4v) is 3.67. The summed E-state index contributed by atoms with van der Waals surface area (Å²) in [6, 6.07) is 11.0. The molecule has 0 saturated heterocycles. The van der Waals surface area contributed by atoms with Crippen molar-refractivity contribution in [1.29, 1.82) is 0 Å². The maximum Gasteiger partial charge on any atom is 0.339 e. The summed E-state index contributed by atoms with van der Waals surface area (Å²) in [6.07, 6.45) is 1.91. The first-order valence-corrected chi connectivity index (χ1v) is 9.87. The second kappa shape index (κ2) is 9.52. The third-order valence-electron chi connectivity index (χ3n) is 5.24. The third kappa shape index (κ3) is 4.50. The van der Waals surface area contributed by atoms with Crippen molar-refractivity contribution < 1.29 is 28.5 Å². The van der Waals surface area contributed by atoms with Gasteiger partial charge in [0.15, 0.2) is 17.6 Å². The standard InChI is InChI=1S/C23H27NO6/c1-14(22(25)24-18-11-7-9-15-8-5-6-10-17(15)18)30-23(26)16-12-19(27-2)21(29-4)20(13-16)28-3/h5-6,8,10,12-14,18H,7,9,11H2,1-4H3,(H,24,25)/t14-,18-/m0/s1. The lowest BCUT2D eigenvalue weighted by atomic mass is 9.87. The van der Waals surface area contributed by atoms with Crippen molar-refractivity contribution in [1.82, 2.24) is 5.32 Å². The Morgan fingerprint density at radius 1 is 1.03 bits per heavy atom. The summed E-state index contributed by atoms with van der Waals surface area (Å²) in [4.78, 5) is 25.3. The van der Waals surface area contributed by atoms with Gasteiger partial charge in [-0.25, -0.2) is 4.79 Å². The smallest absolute Gasteiger partial charge is 0.339 e. The van der Waals surface area contributed by atoms with Crippen LogP contribution in [0.25, 0.3) is 0 Å². The van der Waals surface area contributed by atoms with E-state index in [-0.39, 0.29) is 17.5 Å². The van der Waals surface area contributed by atoms with Crippen molar-refractivity contribution >= 4 is 11.9 Å². The van der Waals surface area contributed by atoms with Gasteiger partial charge in [-0.2, -0.15) is 0 Å². The molecule has 0 radical (unpaired) electrons. The van der Waals surface area contributed by atoms with Crippen LogP contribution in [0.4, 0.5) is 0 Å². The molecular weight excluding hydrogens is 386 g/mol. The maximum atomic E-state index is 12.7. The van der Waals surface area contributed by atoms with Gasteiger partial charge >= 0.3 is 5.97 Å². The van der Waals surface area contributed by atoms with Gasteiger partial charge in [0.1, 0.15) is 0 Å². The molecule has 1 amide bonds. The summed E-state index contributed by atoms with van der Waals surface area (Å²) in [5, 5.41) is 3.01. The zero-order valence-electron chi connectivity index (χ0n) is 17.7. The molecule has 7 nitrogen and oxygen atoms in total. The molecule has 3 rings (SSSR count). The minimum absolute atomic E-state index is 0.0789. The second-order valence-corrected chi connectivity index (χ2v) is 7.11. The first-order valence-electron chi connectivity index (χ1n) is 9.87. The van der Waals surface area contributed by atoms with Gasteiger partial charge in [0.25, 0.3) is 5.91 Å². The molecule has 30 heavy (non-hydrogen) atoms. The van der Waals surface area contributed by atoms with Gasteiger partial charge in [0, 0.05) is 0 Å². The minimum Gasteiger partial charge on any atom is -0.493 e. The summed E-state index contributed by atoms with van der Waals surface area (Å²) in [5.41, 5.74) is 2.57. The summed E-state index contributed by atoms with van der Waals surface area (Å²) < 4.78 is 21.2.